The number of nitrogens with zero attached hydrogens (tertiary/aromatic N) is 2. The molecule has 1 aromatic carbocycles. The van der Waals surface area contributed by atoms with Gasteiger partial charge in [-0.05, 0) is 19.1 Å². The Morgan fingerprint density at radius 3 is 2.62 bits per heavy atom. The summed E-state index contributed by atoms with van der Waals surface area (Å²) >= 11 is 5.80. The fraction of sp³-hybridized carbons (Fsp3) is 0.231. The largest absolute Gasteiger partial charge is 0.419 e. The van der Waals surface area contributed by atoms with Gasteiger partial charge in [0.1, 0.15) is 11.5 Å². The van der Waals surface area contributed by atoms with E-state index in [0.717, 1.165) is 12.1 Å². The van der Waals surface area contributed by atoms with Crippen molar-refractivity contribution in [1.82, 2.24) is 9.78 Å². The molecular formula is C13H9ClF4N2O. The van der Waals surface area contributed by atoms with E-state index < -0.39 is 28.9 Å². The van der Waals surface area contributed by atoms with Gasteiger partial charge in [0.25, 0.3) is 0 Å². The highest BCUT2D eigenvalue weighted by Gasteiger charge is 2.36. The first-order valence-corrected chi connectivity index (χ1v) is 6.26. The molecule has 3 nitrogen and oxygen atoms in total. The monoisotopic (exact) mass is 320 g/mol. The lowest BCUT2D eigenvalue weighted by Crippen LogP contribution is -2.16. The minimum absolute atomic E-state index is 0.0429. The van der Waals surface area contributed by atoms with Gasteiger partial charge in [-0.3, -0.25) is 9.48 Å². The lowest BCUT2D eigenvalue weighted by molar-refractivity contribution is -0.140. The van der Waals surface area contributed by atoms with Crippen LogP contribution in [0.25, 0.3) is 0 Å². The molecule has 0 saturated carbocycles. The standard InChI is InChI=1S/C13H9ClF4N2O/c1-2-20-11(9(14)6-19-20)12(21)7-4-3-5-8(10(7)15)13(16,17)18/h3-6H,2H2,1H3. The van der Waals surface area contributed by atoms with Gasteiger partial charge >= 0.3 is 6.18 Å². The van der Waals surface area contributed by atoms with E-state index in [4.69, 9.17) is 11.6 Å². The third kappa shape index (κ3) is 2.78. The summed E-state index contributed by atoms with van der Waals surface area (Å²) in [4.78, 5) is 12.3. The summed E-state index contributed by atoms with van der Waals surface area (Å²) in [6.45, 7) is 1.94. The van der Waals surface area contributed by atoms with Crippen LogP contribution in [0.2, 0.25) is 5.02 Å². The van der Waals surface area contributed by atoms with Gasteiger partial charge in [-0.1, -0.05) is 17.7 Å². The lowest BCUT2D eigenvalue weighted by Gasteiger charge is -2.11. The average molecular weight is 321 g/mol. The van der Waals surface area contributed by atoms with Crippen LogP contribution < -0.4 is 0 Å². The summed E-state index contributed by atoms with van der Waals surface area (Å²) in [5, 5.41) is 3.76. The Morgan fingerprint density at radius 2 is 2.05 bits per heavy atom. The molecule has 0 aliphatic carbocycles. The second-order valence-corrected chi connectivity index (χ2v) is 4.56. The van der Waals surface area contributed by atoms with Crippen LogP contribution in [0, 0.1) is 5.82 Å². The van der Waals surface area contributed by atoms with E-state index in [0.29, 0.717) is 6.07 Å². The third-order valence-electron chi connectivity index (χ3n) is 2.86. The van der Waals surface area contributed by atoms with E-state index in [1.54, 1.807) is 6.92 Å². The summed E-state index contributed by atoms with van der Waals surface area (Å²) in [5.74, 6) is -2.56. The highest BCUT2D eigenvalue weighted by atomic mass is 35.5. The number of aryl methyl sites for hydroxylation is 1. The lowest BCUT2D eigenvalue weighted by atomic mass is 10.0. The maximum Gasteiger partial charge on any atom is 0.419 e. The molecule has 1 heterocycles. The summed E-state index contributed by atoms with van der Waals surface area (Å²) < 4.78 is 53.2. The van der Waals surface area contributed by atoms with Crippen LogP contribution in [0.5, 0.6) is 0 Å². The van der Waals surface area contributed by atoms with Crippen molar-refractivity contribution < 1.29 is 22.4 Å². The second-order valence-electron chi connectivity index (χ2n) is 4.15. The van der Waals surface area contributed by atoms with Crippen molar-refractivity contribution in [3.8, 4) is 0 Å². The van der Waals surface area contributed by atoms with Crippen molar-refractivity contribution in [2.24, 2.45) is 0 Å². The molecule has 0 spiro atoms. The van der Waals surface area contributed by atoms with Gasteiger partial charge in [0.2, 0.25) is 5.78 Å². The molecule has 0 N–H and O–H groups in total. The summed E-state index contributed by atoms with van der Waals surface area (Å²) in [6, 6.07) is 2.53. The Balaban J connectivity index is 2.57. The number of ketones is 1. The molecule has 0 amide bonds. The van der Waals surface area contributed by atoms with Crippen LogP contribution in [0.4, 0.5) is 17.6 Å². The zero-order chi connectivity index (χ0) is 15.8. The second kappa shape index (κ2) is 5.48. The van der Waals surface area contributed by atoms with Crippen LogP contribution in [0.1, 0.15) is 28.5 Å². The van der Waals surface area contributed by atoms with Crippen molar-refractivity contribution in [2.45, 2.75) is 19.6 Å². The van der Waals surface area contributed by atoms with Crippen LogP contribution in [0.15, 0.2) is 24.4 Å². The SMILES string of the molecule is CCn1ncc(Cl)c1C(=O)c1cccc(C(F)(F)F)c1F. The Kier molecular flexibility index (Phi) is 4.04. The Bertz CT molecular complexity index is 694. The summed E-state index contributed by atoms with van der Waals surface area (Å²) in [7, 11) is 0. The molecular weight excluding hydrogens is 312 g/mol. The Labute approximate surface area is 122 Å². The predicted octanol–water partition coefficient (Wildman–Crippen LogP) is 3.95. The van der Waals surface area contributed by atoms with Crippen molar-refractivity contribution >= 4 is 17.4 Å². The van der Waals surface area contributed by atoms with Gasteiger partial charge in [-0.25, -0.2) is 4.39 Å². The molecule has 1 aromatic heterocycles. The summed E-state index contributed by atoms with van der Waals surface area (Å²) in [5.41, 5.74) is -2.33. The first-order valence-electron chi connectivity index (χ1n) is 5.89. The van der Waals surface area contributed by atoms with Gasteiger partial charge in [-0.2, -0.15) is 18.3 Å². The first-order chi connectivity index (χ1) is 9.77. The minimum atomic E-state index is -4.88. The van der Waals surface area contributed by atoms with Crippen LogP contribution in [-0.2, 0) is 12.7 Å². The van der Waals surface area contributed by atoms with Crippen LogP contribution >= 0.6 is 11.6 Å². The molecule has 0 atom stereocenters. The maximum absolute atomic E-state index is 14.0. The number of hydrogen-bond donors (Lipinski definition) is 0. The number of halogens is 5. The van der Waals surface area contributed by atoms with E-state index in [9.17, 15) is 22.4 Å². The number of alkyl halides is 3. The fourth-order valence-electron chi connectivity index (χ4n) is 1.88. The van der Waals surface area contributed by atoms with Gasteiger partial charge in [0.15, 0.2) is 0 Å². The molecule has 2 aromatic rings. The predicted molar refractivity (Wildman–Crippen MR) is 67.7 cm³/mol. The number of benzene rings is 1. The van der Waals surface area contributed by atoms with Crippen molar-refractivity contribution in [3.05, 3.63) is 52.1 Å². The van der Waals surface area contributed by atoms with Crippen molar-refractivity contribution in [2.75, 3.05) is 0 Å². The molecule has 8 heteroatoms. The molecule has 0 saturated heterocycles. The number of aromatic nitrogens is 2. The summed E-state index contributed by atoms with van der Waals surface area (Å²) in [6.07, 6.45) is -3.70. The van der Waals surface area contributed by atoms with Crippen LogP contribution in [0.3, 0.4) is 0 Å². The Morgan fingerprint density at radius 1 is 1.38 bits per heavy atom. The molecule has 112 valence electrons. The van der Waals surface area contributed by atoms with Gasteiger partial charge < -0.3 is 0 Å². The fourth-order valence-corrected chi connectivity index (χ4v) is 2.11. The smallest absolute Gasteiger partial charge is 0.287 e. The Hall–Kier alpha value is -1.89. The van der Waals surface area contributed by atoms with Gasteiger partial charge in [0, 0.05) is 6.54 Å². The first kappa shape index (κ1) is 15.5. The third-order valence-corrected chi connectivity index (χ3v) is 3.13. The molecule has 0 bridgehead atoms. The highest BCUT2D eigenvalue weighted by Crippen LogP contribution is 2.33. The highest BCUT2D eigenvalue weighted by molar-refractivity contribution is 6.34. The molecule has 0 aliphatic heterocycles. The quantitative estimate of drug-likeness (QED) is 0.634. The number of rotatable bonds is 3. The van der Waals surface area contributed by atoms with Crippen molar-refractivity contribution in [1.29, 1.82) is 0 Å². The maximum atomic E-state index is 14.0. The normalized spacial score (nSPS) is 11.7. The molecule has 0 unspecified atom stereocenters. The van der Waals surface area contributed by atoms with E-state index in [1.807, 2.05) is 0 Å². The molecule has 21 heavy (non-hydrogen) atoms. The van der Waals surface area contributed by atoms with Gasteiger partial charge in [-0.15, -0.1) is 0 Å². The molecule has 2 rings (SSSR count). The van der Waals surface area contributed by atoms with E-state index in [2.05, 4.69) is 5.10 Å². The zero-order valence-corrected chi connectivity index (χ0v) is 11.5. The zero-order valence-electron chi connectivity index (χ0n) is 10.7. The number of carbonyl (C=O) groups excluding carboxylic acids is 1. The molecule has 0 fully saturated rings. The van der Waals surface area contributed by atoms with E-state index >= 15 is 0 Å². The van der Waals surface area contributed by atoms with Crippen LogP contribution in [-0.4, -0.2) is 15.6 Å². The minimum Gasteiger partial charge on any atom is -0.287 e. The van der Waals surface area contributed by atoms with E-state index in [1.165, 1.54) is 10.9 Å². The van der Waals surface area contributed by atoms with Gasteiger partial charge in [0.05, 0.1) is 22.3 Å². The number of carbonyl (C=O) groups is 1. The average Bonchev–Trinajstić information content (AvgIpc) is 2.78. The molecule has 0 radical (unpaired) electrons. The topological polar surface area (TPSA) is 34.9 Å². The van der Waals surface area contributed by atoms with Crippen molar-refractivity contribution in [3.63, 3.8) is 0 Å². The molecule has 0 aliphatic rings. The van der Waals surface area contributed by atoms with E-state index in [-0.39, 0.29) is 17.3 Å². The number of hydrogen-bond acceptors (Lipinski definition) is 2.